The number of rotatable bonds is 5. The molecule has 0 spiro atoms. The van der Waals surface area contributed by atoms with Crippen molar-refractivity contribution in [3.63, 3.8) is 0 Å². The van der Waals surface area contributed by atoms with Gasteiger partial charge in [-0.3, -0.25) is 9.59 Å². The molecule has 1 atom stereocenters. The molecule has 1 aliphatic rings. The summed E-state index contributed by atoms with van der Waals surface area (Å²) in [5.41, 5.74) is 0. The van der Waals surface area contributed by atoms with Gasteiger partial charge in [0.1, 0.15) is 6.04 Å². The molecule has 1 heterocycles. The Kier molecular flexibility index (Phi) is 5.55. The number of nitrogens with zero attached hydrogens (tertiary/aromatic N) is 1. The van der Waals surface area contributed by atoms with Crippen molar-refractivity contribution in [3.8, 4) is 12.3 Å². The van der Waals surface area contributed by atoms with Crippen LogP contribution in [0.1, 0.15) is 39.0 Å². The molecule has 0 aromatic carbocycles. The summed E-state index contributed by atoms with van der Waals surface area (Å²) in [7, 11) is 0. The van der Waals surface area contributed by atoms with Gasteiger partial charge in [-0.1, -0.05) is 6.92 Å². The van der Waals surface area contributed by atoms with Gasteiger partial charge < -0.3 is 10.2 Å². The van der Waals surface area contributed by atoms with Gasteiger partial charge in [0.25, 0.3) is 0 Å². The molecule has 1 rings (SSSR count). The van der Waals surface area contributed by atoms with Gasteiger partial charge in [-0.2, -0.15) is 0 Å². The molecular formula is C13H20N2O2. The standard InChI is InChI=1S/C13H20N2O2/c1-3-5-6-7-8-12(16)15-10-9-14-13(17)11(15)4-2/h1,11H,4-10H2,2H3,(H,14,17). The average Bonchev–Trinajstić information content (AvgIpc) is 2.34. The smallest absolute Gasteiger partial charge is 0.242 e. The molecule has 0 aromatic heterocycles. The maximum absolute atomic E-state index is 12.0. The Morgan fingerprint density at radius 2 is 2.35 bits per heavy atom. The minimum Gasteiger partial charge on any atom is -0.353 e. The number of hydrogen-bond acceptors (Lipinski definition) is 2. The fourth-order valence-electron chi connectivity index (χ4n) is 2.07. The minimum absolute atomic E-state index is 0.0317. The quantitative estimate of drug-likeness (QED) is 0.570. The van der Waals surface area contributed by atoms with Crippen LogP contribution in [0.15, 0.2) is 0 Å². The third kappa shape index (κ3) is 3.77. The molecular weight excluding hydrogens is 216 g/mol. The van der Waals surface area contributed by atoms with Gasteiger partial charge in [0.05, 0.1) is 0 Å². The van der Waals surface area contributed by atoms with E-state index in [2.05, 4.69) is 11.2 Å². The first-order chi connectivity index (χ1) is 8.20. The van der Waals surface area contributed by atoms with Crippen LogP contribution in [0.4, 0.5) is 0 Å². The summed E-state index contributed by atoms with van der Waals surface area (Å²) >= 11 is 0. The van der Waals surface area contributed by atoms with Crippen LogP contribution < -0.4 is 5.32 Å². The van der Waals surface area contributed by atoms with Crippen LogP contribution in [0.25, 0.3) is 0 Å². The first kappa shape index (κ1) is 13.6. The monoisotopic (exact) mass is 236 g/mol. The lowest BCUT2D eigenvalue weighted by molar-refractivity contribution is -0.143. The Balaban J connectivity index is 2.43. The van der Waals surface area contributed by atoms with E-state index in [1.165, 1.54) is 0 Å². The van der Waals surface area contributed by atoms with Gasteiger partial charge >= 0.3 is 0 Å². The zero-order valence-corrected chi connectivity index (χ0v) is 10.4. The average molecular weight is 236 g/mol. The Bertz CT molecular complexity index is 320. The van der Waals surface area contributed by atoms with Crippen LogP contribution in [0.2, 0.25) is 0 Å². The Hall–Kier alpha value is -1.50. The third-order valence-corrected chi connectivity index (χ3v) is 3.00. The number of terminal acetylenes is 1. The summed E-state index contributed by atoms with van der Waals surface area (Å²) in [6.45, 7) is 3.11. The predicted molar refractivity (Wildman–Crippen MR) is 66.1 cm³/mol. The van der Waals surface area contributed by atoms with Gasteiger partial charge in [-0.05, 0) is 19.3 Å². The molecule has 94 valence electrons. The molecule has 2 amide bonds. The lowest BCUT2D eigenvalue weighted by Gasteiger charge is -2.34. The van der Waals surface area contributed by atoms with Gasteiger partial charge in [-0.15, -0.1) is 12.3 Å². The topological polar surface area (TPSA) is 49.4 Å². The summed E-state index contributed by atoms with van der Waals surface area (Å²) in [5, 5.41) is 2.78. The summed E-state index contributed by atoms with van der Waals surface area (Å²) in [5.74, 6) is 2.60. The molecule has 0 radical (unpaired) electrons. The van der Waals surface area contributed by atoms with E-state index >= 15 is 0 Å². The van der Waals surface area contributed by atoms with Gasteiger partial charge in [-0.25, -0.2) is 0 Å². The van der Waals surface area contributed by atoms with E-state index in [1.807, 2.05) is 6.92 Å². The first-order valence-corrected chi connectivity index (χ1v) is 6.21. The van der Waals surface area contributed by atoms with Crippen LogP contribution in [-0.4, -0.2) is 35.8 Å². The summed E-state index contributed by atoms with van der Waals surface area (Å²) in [6.07, 6.45) is 8.70. The van der Waals surface area contributed by atoms with Crippen molar-refractivity contribution in [2.45, 2.75) is 45.1 Å². The highest BCUT2D eigenvalue weighted by molar-refractivity contribution is 5.88. The molecule has 1 aliphatic heterocycles. The zero-order chi connectivity index (χ0) is 12.7. The molecule has 17 heavy (non-hydrogen) atoms. The molecule has 0 saturated carbocycles. The highest BCUT2D eigenvalue weighted by Gasteiger charge is 2.30. The van der Waals surface area contributed by atoms with Crippen molar-refractivity contribution in [1.82, 2.24) is 10.2 Å². The number of nitrogens with one attached hydrogen (secondary N) is 1. The van der Waals surface area contributed by atoms with Gasteiger partial charge in [0.2, 0.25) is 11.8 Å². The normalized spacial score (nSPS) is 19.6. The largest absolute Gasteiger partial charge is 0.353 e. The molecule has 1 N–H and O–H groups in total. The predicted octanol–water partition coefficient (Wildman–Crippen LogP) is 0.917. The fraction of sp³-hybridized carbons (Fsp3) is 0.692. The molecule has 1 saturated heterocycles. The van der Waals surface area contributed by atoms with E-state index in [1.54, 1.807) is 4.90 Å². The van der Waals surface area contributed by atoms with E-state index < -0.39 is 0 Å². The molecule has 4 nitrogen and oxygen atoms in total. The molecule has 0 aliphatic carbocycles. The summed E-state index contributed by atoms with van der Waals surface area (Å²) in [4.78, 5) is 25.3. The number of carbonyl (C=O) groups is 2. The van der Waals surface area contributed by atoms with Crippen LogP contribution in [0.5, 0.6) is 0 Å². The fourth-order valence-corrected chi connectivity index (χ4v) is 2.07. The maximum atomic E-state index is 12.0. The number of unbranched alkanes of at least 4 members (excludes halogenated alkanes) is 2. The summed E-state index contributed by atoms with van der Waals surface area (Å²) in [6, 6.07) is -0.288. The molecule has 1 unspecified atom stereocenters. The van der Waals surface area contributed by atoms with E-state index in [0.717, 1.165) is 12.8 Å². The van der Waals surface area contributed by atoms with Gasteiger partial charge in [0, 0.05) is 25.9 Å². The van der Waals surface area contributed by atoms with Crippen LogP contribution >= 0.6 is 0 Å². The minimum atomic E-state index is -0.288. The number of carbonyl (C=O) groups excluding carboxylic acids is 2. The lowest BCUT2D eigenvalue weighted by atomic mass is 10.1. The number of hydrogen-bond donors (Lipinski definition) is 1. The number of amides is 2. The molecule has 4 heteroatoms. The zero-order valence-electron chi connectivity index (χ0n) is 10.4. The van der Waals surface area contributed by atoms with Crippen molar-refractivity contribution < 1.29 is 9.59 Å². The molecule has 0 aromatic rings. The van der Waals surface area contributed by atoms with Crippen molar-refractivity contribution in [2.75, 3.05) is 13.1 Å². The first-order valence-electron chi connectivity index (χ1n) is 6.21. The van der Waals surface area contributed by atoms with E-state index in [4.69, 9.17) is 6.42 Å². The van der Waals surface area contributed by atoms with Crippen molar-refractivity contribution >= 4 is 11.8 Å². The van der Waals surface area contributed by atoms with Crippen molar-refractivity contribution in [3.05, 3.63) is 0 Å². The highest BCUT2D eigenvalue weighted by Crippen LogP contribution is 2.12. The van der Waals surface area contributed by atoms with E-state index in [9.17, 15) is 9.59 Å². The van der Waals surface area contributed by atoms with Crippen molar-refractivity contribution in [2.24, 2.45) is 0 Å². The number of piperazine rings is 1. The van der Waals surface area contributed by atoms with Crippen molar-refractivity contribution in [1.29, 1.82) is 0 Å². The second-order valence-corrected chi connectivity index (χ2v) is 4.21. The Morgan fingerprint density at radius 1 is 1.59 bits per heavy atom. The van der Waals surface area contributed by atoms with Crippen LogP contribution in [0.3, 0.4) is 0 Å². The second kappa shape index (κ2) is 6.95. The van der Waals surface area contributed by atoms with E-state index in [0.29, 0.717) is 32.4 Å². The van der Waals surface area contributed by atoms with Crippen LogP contribution in [-0.2, 0) is 9.59 Å². The second-order valence-electron chi connectivity index (χ2n) is 4.21. The SMILES string of the molecule is C#CCCCCC(=O)N1CCNC(=O)C1CC. The molecule has 1 fully saturated rings. The van der Waals surface area contributed by atoms with Gasteiger partial charge in [0.15, 0.2) is 0 Å². The van der Waals surface area contributed by atoms with Crippen LogP contribution in [0, 0.1) is 12.3 Å². The molecule has 0 bridgehead atoms. The van der Waals surface area contributed by atoms with E-state index in [-0.39, 0.29) is 17.9 Å². The highest BCUT2D eigenvalue weighted by atomic mass is 16.2. The Morgan fingerprint density at radius 3 is 3.00 bits per heavy atom. The maximum Gasteiger partial charge on any atom is 0.242 e. The third-order valence-electron chi connectivity index (χ3n) is 3.00. The summed E-state index contributed by atoms with van der Waals surface area (Å²) < 4.78 is 0. The Labute approximate surface area is 103 Å². The lowest BCUT2D eigenvalue weighted by Crippen LogP contribution is -2.56.